The molecule has 0 bridgehead atoms. The maximum Gasteiger partial charge on any atom is 0.416 e. The number of alkyl halides is 3. The molecule has 0 saturated heterocycles. The smallest absolute Gasteiger partial charge is 0.416 e. The van der Waals surface area contributed by atoms with Crippen LogP contribution in [0.4, 0.5) is 13.2 Å². The van der Waals surface area contributed by atoms with Crippen LogP contribution in [0, 0.1) is 5.92 Å². The van der Waals surface area contributed by atoms with E-state index in [9.17, 15) is 13.2 Å². The molecule has 23 heavy (non-hydrogen) atoms. The molecule has 1 aliphatic carbocycles. The molecule has 122 valence electrons. The van der Waals surface area contributed by atoms with Gasteiger partial charge in [-0.05, 0) is 53.5 Å². The average Bonchev–Trinajstić information content (AvgIpc) is 2.52. The first-order chi connectivity index (χ1) is 10.9. The second-order valence-electron chi connectivity index (χ2n) is 6.20. The summed E-state index contributed by atoms with van der Waals surface area (Å²) in [5.74, 6) is 1.03. The van der Waals surface area contributed by atoms with Crippen LogP contribution in [0.25, 0.3) is 0 Å². The van der Waals surface area contributed by atoms with Gasteiger partial charge in [0.05, 0.1) is 12.7 Å². The van der Waals surface area contributed by atoms with Gasteiger partial charge in [-0.15, -0.1) is 0 Å². The predicted octanol–water partition coefficient (Wildman–Crippen LogP) is 5.62. The highest BCUT2D eigenvalue weighted by atomic mass is 19.4. The van der Waals surface area contributed by atoms with Gasteiger partial charge in [-0.1, -0.05) is 37.3 Å². The second-order valence-corrected chi connectivity index (χ2v) is 6.20. The number of ether oxygens (including phenoxy) is 1. The van der Waals surface area contributed by atoms with Gasteiger partial charge in [0.15, 0.2) is 0 Å². The Morgan fingerprint density at radius 2 is 1.65 bits per heavy atom. The SMILES string of the molecule is COc1ccc(C2CC(C)C2c2ccccc2C(F)(F)F)cc1. The van der Waals surface area contributed by atoms with Crippen molar-refractivity contribution in [3.63, 3.8) is 0 Å². The van der Waals surface area contributed by atoms with E-state index in [-0.39, 0.29) is 17.8 Å². The van der Waals surface area contributed by atoms with E-state index in [2.05, 4.69) is 0 Å². The van der Waals surface area contributed by atoms with Gasteiger partial charge in [0.25, 0.3) is 0 Å². The van der Waals surface area contributed by atoms with Gasteiger partial charge in [-0.25, -0.2) is 0 Å². The van der Waals surface area contributed by atoms with Crippen molar-refractivity contribution in [3.8, 4) is 5.75 Å². The Morgan fingerprint density at radius 3 is 2.22 bits per heavy atom. The van der Waals surface area contributed by atoms with Gasteiger partial charge in [-0.2, -0.15) is 13.2 Å². The van der Waals surface area contributed by atoms with Gasteiger partial charge in [0.2, 0.25) is 0 Å². The Bertz CT molecular complexity index is 676. The van der Waals surface area contributed by atoms with Crippen LogP contribution in [-0.2, 0) is 6.18 Å². The zero-order chi connectivity index (χ0) is 16.6. The topological polar surface area (TPSA) is 9.23 Å². The fraction of sp³-hybridized carbons (Fsp3) is 0.368. The summed E-state index contributed by atoms with van der Waals surface area (Å²) in [6, 6.07) is 13.6. The van der Waals surface area contributed by atoms with E-state index < -0.39 is 11.7 Å². The third-order valence-corrected chi connectivity index (χ3v) is 4.84. The van der Waals surface area contributed by atoms with Gasteiger partial charge in [0.1, 0.15) is 5.75 Å². The largest absolute Gasteiger partial charge is 0.497 e. The number of hydrogen-bond acceptors (Lipinski definition) is 1. The van der Waals surface area contributed by atoms with Gasteiger partial charge >= 0.3 is 6.18 Å². The number of hydrogen-bond donors (Lipinski definition) is 0. The summed E-state index contributed by atoms with van der Waals surface area (Å²) in [5, 5.41) is 0. The third kappa shape index (κ3) is 2.94. The fourth-order valence-electron chi connectivity index (χ4n) is 3.66. The van der Waals surface area contributed by atoms with E-state index >= 15 is 0 Å². The minimum atomic E-state index is -4.31. The summed E-state index contributed by atoms with van der Waals surface area (Å²) < 4.78 is 45.1. The number of rotatable bonds is 3. The lowest BCUT2D eigenvalue weighted by Crippen LogP contribution is -2.32. The highest BCUT2D eigenvalue weighted by Gasteiger charge is 2.44. The first-order valence-corrected chi connectivity index (χ1v) is 7.72. The summed E-state index contributed by atoms with van der Waals surface area (Å²) in [7, 11) is 1.60. The normalized spacial score (nSPS) is 24.1. The molecule has 4 heteroatoms. The molecule has 2 aromatic carbocycles. The molecule has 0 radical (unpaired) electrons. The van der Waals surface area contributed by atoms with Crippen molar-refractivity contribution in [2.45, 2.75) is 31.4 Å². The molecule has 0 spiro atoms. The molecule has 0 amide bonds. The highest BCUT2D eigenvalue weighted by molar-refractivity contribution is 5.40. The zero-order valence-corrected chi connectivity index (χ0v) is 13.1. The maximum atomic E-state index is 13.3. The molecule has 1 aliphatic rings. The zero-order valence-electron chi connectivity index (χ0n) is 13.1. The fourth-order valence-corrected chi connectivity index (χ4v) is 3.66. The van der Waals surface area contributed by atoms with Gasteiger partial charge < -0.3 is 4.74 Å². The van der Waals surface area contributed by atoms with Crippen LogP contribution in [0.5, 0.6) is 5.75 Å². The van der Waals surface area contributed by atoms with E-state index in [1.807, 2.05) is 31.2 Å². The molecule has 1 fully saturated rings. The van der Waals surface area contributed by atoms with Crippen molar-refractivity contribution in [3.05, 3.63) is 65.2 Å². The number of methoxy groups -OCH3 is 1. The molecule has 0 aliphatic heterocycles. The number of benzene rings is 2. The van der Waals surface area contributed by atoms with E-state index in [0.29, 0.717) is 5.56 Å². The molecule has 0 N–H and O–H groups in total. The first kappa shape index (κ1) is 15.9. The average molecular weight is 320 g/mol. The van der Waals surface area contributed by atoms with Crippen LogP contribution in [0.3, 0.4) is 0 Å². The Labute approximate surface area is 134 Å². The number of halogens is 3. The summed E-state index contributed by atoms with van der Waals surface area (Å²) in [4.78, 5) is 0. The standard InChI is InChI=1S/C19H19F3O/c1-12-11-16(13-7-9-14(23-2)10-8-13)18(12)15-5-3-4-6-17(15)19(20,21)22/h3-10,12,16,18H,11H2,1-2H3. The molecule has 0 aromatic heterocycles. The van der Waals surface area contributed by atoms with E-state index in [1.54, 1.807) is 19.2 Å². The lowest BCUT2D eigenvalue weighted by atomic mass is 9.59. The van der Waals surface area contributed by atoms with E-state index in [4.69, 9.17) is 4.74 Å². The van der Waals surface area contributed by atoms with Crippen molar-refractivity contribution >= 4 is 0 Å². The van der Waals surface area contributed by atoms with E-state index in [0.717, 1.165) is 17.7 Å². The van der Waals surface area contributed by atoms with Crippen molar-refractivity contribution in [2.75, 3.05) is 7.11 Å². The third-order valence-electron chi connectivity index (χ3n) is 4.84. The van der Waals surface area contributed by atoms with Gasteiger partial charge in [-0.3, -0.25) is 0 Å². The molecular weight excluding hydrogens is 301 g/mol. The minimum absolute atomic E-state index is 0.0961. The summed E-state index contributed by atoms with van der Waals surface area (Å²) in [5.41, 5.74) is 0.987. The van der Waals surface area contributed by atoms with Crippen LogP contribution < -0.4 is 4.74 Å². The van der Waals surface area contributed by atoms with Gasteiger partial charge in [0, 0.05) is 0 Å². The lowest BCUT2D eigenvalue weighted by Gasteiger charge is -2.44. The van der Waals surface area contributed by atoms with Crippen LogP contribution in [0.1, 0.15) is 41.9 Å². The van der Waals surface area contributed by atoms with Crippen molar-refractivity contribution in [1.82, 2.24) is 0 Å². The molecule has 3 rings (SSSR count). The Kier molecular flexibility index (Phi) is 4.09. The van der Waals surface area contributed by atoms with Crippen LogP contribution in [-0.4, -0.2) is 7.11 Å². The van der Waals surface area contributed by atoms with Crippen LogP contribution in [0.2, 0.25) is 0 Å². The molecule has 1 saturated carbocycles. The van der Waals surface area contributed by atoms with Crippen molar-refractivity contribution in [1.29, 1.82) is 0 Å². The van der Waals surface area contributed by atoms with Crippen molar-refractivity contribution < 1.29 is 17.9 Å². The second kappa shape index (κ2) is 5.91. The minimum Gasteiger partial charge on any atom is -0.497 e. The molecule has 2 aromatic rings. The first-order valence-electron chi connectivity index (χ1n) is 7.72. The molecule has 3 atom stereocenters. The predicted molar refractivity (Wildman–Crippen MR) is 83.7 cm³/mol. The summed E-state index contributed by atoms with van der Waals surface area (Å²) in [6.45, 7) is 2.03. The molecule has 1 nitrogen and oxygen atoms in total. The molecule has 0 heterocycles. The van der Waals surface area contributed by atoms with E-state index in [1.165, 1.54) is 12.1 Å². The van der Waals surface area contributed by atoms with Crippen LogP contribution in [0.15, 0.2) is 48.5 Å². The Morgan fingerprint density at radius 1 is 1.00 bits per heavy atom. The summed E-state index contributed by atoms with van der Waals surface area (Å²) >= 11 is 0. The Balaban J connectivity index is 1.95. The molecule has 3 unspecified atom stereocenters. The lowest BCUT2D eigenvalue weighted by molar-refractivity contribution is -0.138. The van der Waals surface area contributed by atoms with Crippen LogP contribution >= 0.6 is 0 Å². The maximum absolute atomic E-state index is 13.3. The summed E-state index contributed by atoms with van der Waals surface area (Å²) in [6.07, 6.45) is -3.40. The monoisotopic (exact) mass is 320 g/mol. The highest BCUT2D eigenvalue weighted by Crippen LogP contribution is 2.55. The Hall–Kier alpha value is -1.97. The molecular formula is C19H19F3O. The quantitative estimate of drug-likeness (QED) is 0.713. The van der Waals surface area contributed by atoms with Crippen molar-refractivity contribution in [2.24, 2.45) is 5.92 Å².